The highest BCUT2D eigenvalue weighted by atomic mass is 79.9. The van der Waals surface area contributed by atoms with Crippen LogP contribution in [-0.4, -0.2) is 56.9 Å². The molecule has 1 atom stereocenters. The minimum atomic E-state index is -3.05. The molecule has 0 bridgehead atoms. The van der Waals surface area contributed by atoms with Crippen molar-refractivity contribution in [3.63, 3.8) is 0 Å². The number of rotatable bonds is 5. The second-order valence-corrected chi connectivity index (χ2v) is 8.83. The van der Waals surface area contributed by atoms with Crippen LogP contribution in [0, 0.1) is 5.82 Å². The Labute approximate surface area is 144 Å². The molecule has 1 saturated heterocycles. The second kappa shape index (κ2) is 7.17. The van der Waals surface area contributed by atoms with Gasteiger partial charge in [0, 0.05) is 24.1 Å². The van der Waals surface area contributed by atoms with Gasteiger partial charge < -0.3 is 9.80 Å². The van der Waals surface area contributed by atoms with Crippen molar-refractivity contribution < 1.29 is 17.6 Å². The summed E-state index contributed by atoms with van der Waals surface area (Å²) in [5, 5.41) is 0. The molecule has 1 fully saturated rings. The third-order valence-corrected chi connectivity index (χ3v) is 6.25. The summed E-state index contributed by atoms with van der Waals surface area (Å²) in [7, 11) is -1.41. The molecule has 1 aliphatic rings. The van der Waals surface area contributed by atoms with Gasteiger partial charge in [0.15, 0.2) is 9.84 Å². The molecule has 0 aliphatic carbocycles. The number of likely N-dealkylation sites (N-methyl/N-ethyl adjacent to an activating group) is 2. The van der Waals surface area contributed by atoms with Gasteiger partial charge in [-0.25, -0.2) is 12.8 Å². The van der Waals surface area contributed by atoms with Gasteiger partial charge >= 0.3 is 0 Å². The average molecular weight is 407 g/mol. The Morgan fingerprint density at radius 2 is 2.13 bits per heavy atom. The summed E-state index contributed by atoms with van der Waals surface area (Å²) >= 11 is 3.20. The summed E-state index contributed by atoms with van der Waals surface area (Å²) < 4.78 is 37.8. The summed E-state index contributed by atoms with van der Waals surface area (Å²) in [5.41, 5.74) is 0.330. The molecule has 1 amide bonds. The number of carbonyl (C=O) groups excluding carboxylic acids is 1. The van der Waals surface area contributed by atoms with E-state index >= 15 is 0 Å². The quantitative estimate of drug-likeness (QED) is 0.750. The smallest absolute Gasteiger partial charge is 0.242 e. The van der Waals surface area contributed by atoms with E-state index in [-0.39, 0.29) is 30.0 Å². The first-order chi connectivity index (χ1) is 10.7. The molecule has 1 heterocycles. The molecule has 1 aliphatic heterocycles. The fourth-order valence-corrected chi connectivity index (χ4v) is 4.89. The number of carbonyl (C=O) groups is 1. The fraction of sp³-hybridized carbons (Fsp3) is 0.533. The standard InChI is InChI=1S/C15H20BrFN2O3S/c1-3-19(12-6-7-23(21,22)10-12)15(20)9-18(2)14-5-4-11(16)8-13(14)17/h4-5,8,12H,3,6-7,9-10H2,1-2H3. The zero-order valence-electron chi connectivity index (χ0n) is 13.1. The van der Waals surface area contributed by atoms with Gasteiger partial charge in [-0.05, 0) is 31.5 Å². The van der Waals surface area contributed by atoms with Gasteiger partial charge in [0.25, 0.3) is 0 Å². The van der Waals surface area contributed by atoms with Crippen LogP contribution in [0.3, 0.4) is 0 Å². The van der Waals surface area contributed by atoms with E-state index in [9.17, 15) is 17.6 Å². The molecule has 23 heavy (non-hydrogen) atoms. The number of amides is 1. The van der Waals surface area contributed by atoms with Gasteiger partial charge in [-0.1, -0.05) is 15.9 Å². The van der Waals surface area contributed by atoms with Crippen molar-refractivity contribution in [2.24, 2.45) is 0 Å². The molecule has 128 valence electrons. The van der Waals surface area contributed by atoms with E-state index in [2.05, 4.69) is 15.9 Å². The highest BCUT2D eigenvalue weighted by Gasteiger charge is 2.34. The van der Waals surface area contributed by atoms with Gasteiger partial charge in [0.05, 0.1) is 23.7 Å². The molecule has 1 unspecified atom stereocenters. The topological polar surface area (TPSA) is 57.7 Å². The number of sulfone groups is 1. The second-order valence-electron chi connectivity index (χ2n) is 5.69. The number of nitrogens with zero attached hydrogens (tertiary/aromatic N) is 2. The molecule has 2 rings (SSSR count). The molecule has 0 radical (unpaired) electrons. The summed E-state index contributed by atoms with van der Waals surface area (Å²) in [6.45, 7) is 2.27. The summed E-state index contributed by atoms with van der Waals surface area (Å²) in [6, 6.07) is 4.38. The first-order valence-corrected chi connectivity index (χ1v) is 10.0. The SMILES string of the molecule is CCN(C(=O)CN(C)c1ccc(Br)cc1F)C1CCS(=O)(=O)C1. The lowest BCUT2D eigenvalue weighted by atomic mass is 10.2. The highest BCUT2D eigenvalue weighted by molar-refractivity contribution is 9.10. The van der Waals surface area contributed by atoms with Crippen LogP contribution in [0.5, 0.6) is 0 Å². The first kappa shape index (κ1) is 18.2. The number of halogens is 2. The number of benzene rings is 1. The molecule has 0 spiro atoms. The van der Waals surface area contributed by atoms with E-state index in [1.54, 1.807) is 24.1 Å². The predicted octanol–water partition coefficient (Wildman–Crippen LogP) is 2.06. The Bertz CT molecular complexity index is 696. The van der Waals surface area contributed by atoms with E-state index < -0.39 is 15.7 Å². The molecular formula is C15H20BrFN2O3S. The lowest BCUT2D eigenvalue weighted by molar-refractivity contribution is -0.131. The third-order valence-electron chi connectivity index (χ3n) is 4.00. The van der Waals surface area contributed by atoms with Crippen LogP contribution in [0.1, 0.15) is 13.3 Å². The van der Waals surface area contributed by atoms with E-state index in [1.807, 2.05) is 6.92 Å². The molecule has 1 aromatic carbocycles. The normalized spacial score (nSPS) is 19.6. The van der Waals surface area contributed by atoms with Crippen molar-refractivity contribution in [1.82, 2.24) is 4.90 Å². The van der Waals surface area contributed by atoms with Gasteiger partial charge in [0.1, 0.15) is 5.82 Å². The Morgan fingerprint density at radius 1 is 1.43 bits per heavy atom. The minimum absolute atomic E-state index is 0.00292. The minimum Gasteiger partial charge on any atom is -0.363 e. The van der Waals surface area contributed by atoms with Gasteiger partial charge in [-0.15, -0.1) is 0 Å². The molecule has 5 nitrogen and oxygen atoms in total. The zero-order valence-corrected chi connectivity index (χ0v) is 15.5. The molecule has 0 aromatic heterocycles. The third kappa shape index (κ3) is 4.44. The molecule has 8 heteroatoms. The highest BCUT2D eigenvalue weighted by Crippen LogP contribution is 2.23. The lowest BCUT2D eigenvalue weighted by Gasteiger charge is -2.29. The van der Waals surface area contributed by atoms with Gasteiger partial charge in [-0.3, -0.25) is 4.79 Å². The Kier molecular flexibility index (Phi) is 5.67. The van der Waals surface area contributed by atoms with E-state index in [0.29, 0.717) is 23.1 Å². The Balaban J connectivity index is 2.07. The number of hydrogen-bond donors (Lipinski definition) is 0. The van der Waals surface area contributed by atoms with Gasteiger partial charge in [-0.2, -0.15) is 0 Å². The molecular weight excluding hydrogens is 387 g/mol. The summed E-state index contributed by atoms with van der Waals surface area (Å²) in [5.74, 6) is -0.470. The van der Waals surface area contributed by atoms with Crippen molar-refractivity contribution in [1.29, 1.82) is 0 Å². The van der Waals surface area contributed by atoms with Gasteiger partial charge in [0.2, 0.25) is 5.91 Å². The monoisotopic (exact) mass is 406 g/mol. The zero-order chi connectivity index (χ0) is 17.2. The van der Waals surface area contributed by atoms with Crippen molar-refractivity contribution in [3.8, 4) is 0 Å². The van der Waals surface area contributed by atoms with E-state index in [0.717, 1.165) is 0 Å². The van der Waals surface area contributed by atoms with E-state index in [1.165, 1.54) is 11.0 Å². The number of anilines is 1. The van der Waals surface area contributed by atoms with Crippen molar-refractivity contribution >= 4 is 37.4 Å². The molecule has 1 aromatic rings. The van der Waals surface area contributed by atoms with Crippen LogP contribution in [0.4, 0.5) is 10.1 Å². The summed E-state index contributed by atoms with van der Waals surface area (Å²) in [6.07, 6.45) is 0.471. The first-order valence-electron chi connectivity index (χ1n) is 7.39. The van der Waals surface area contributed by atoms with E-state index in [4.69, 9.17) is 0 Å². The van der Waals surface area contributed by atoms with Crippen molar-refractivity contribution in [3.05, 3.63) is 28.5 Å². The molecule has 0 saturated carbocycles. The summed E-state index contributed by atoms with van der Waals surface area (Å²) in [4.78, 5) is 15.6. The van der Waals surface area contributed by atoms with Crippen LogP contribution in [0.25, 0.3) is 0 Å². The Morgan fingerprint density at radius 3 is 2.65 bits per heavy atom. The van der Waals surface area contributed by atoms with Crippen LogP contribution in [-0.2, 0) is 14.6 Å². The van der Waals surface area contributed by atoms with Crippen LogP contribution in [0.2, 0.25) is 0 Å². The van der Waals surface area contributed by atoms with Crippen LogP contribution >= 0.6 is 15.9 Å². The lowest BCUT2D eigenvalue weighted by Crippen LogP contribution is -2.45. The van der Waals surface area contributed by atoms with Crippen molar-refractivity contribution in [2.75, 3.05) is 36.5 Å². The molecule has 0 N–H and O–H groups in total. The predicted molar refractivity (Wildman–Crippen MR) is 91.8 cm³/mol. The largest absolute Gasteiger partial charge is 0.363 e. The Hall–Kier alpha value is -1.15. The number of hydrogen-bond acceptors (Lipinski definition) is 4. The van der Waals surface area contributed by atoms with Crippen LogP contribution in [0.15, 0.2) is 22.7 Å². The average Bonchev–Trinajstić information content (AvgIpc) is 2.79. The maximum Gasteiger partial charge on any atom is 0.242 e. The maximum absolute atomic E-state index is 14.0. The maximum atomic E-state index is 14.0. The fourth-order valence-electron chi connectivity index (χ4n) is 2.83. The van der Waals surface area contributed by atoms with Crippen molar-refractivity contribution in [2.45, 2.75) is 19.4 Å². The van der Waals surface area contributed by atoms with Crippen LogP contribution < -0.4 is 4.90 Å².